The summed E-state index contributed by atoms with van der Waals surface area (Å²) in [6.07, 6.45) is 8.61. The molecule has 0 saturated carbocycles. The summed E-state index contributed by atoms with van der Waals surface area (Å²) in [7, 11) is 0. The Labute approximate surface area is 235 Å². The molecule has 172 valence electrons. The van der Waals surface area contributed by atoms with Crippen LogP contribution < -0.4 is 4.90 Å². The van der Waals surface area contributed by atoms with Crippen LogP contribution in [0.15, 0.2) is 149 Å². The molecule has 0 aromatic heterocycles. The molecule has 3 heteroatoms. The summed E-state index contributed by atoms with van der Waals surface area (Å²) in [5, 5.41) is 2.42. The monoisotopic (exact) mass is 501 g/mol. The predicted molar refractivity (Wildman–Crippen MR) is 161 cm³/mol. The van der Waals surface area contributed by atoms with Crippen LogP contribution in [0.1, 0.15) is 16.7 Å². The minimum atomic E-state index is 1.11. The summed E-state index contributed by atoms with van der Waals surface area (Å²) in [5.74, 6) is 0. The zero-order chi connectivity index (χ0) is 25.5. The summed E-state index contributed by atoms with van der Waals surface area (Å²) < 4.78 is 1.12. The maximum atomic E-state index is 2.70. The first-order valence-corrected chi connectivity index (χ1v) is 13.4. The Bertz CT molecular complexity index is 1520. The standard InChI is InChI=1S/C34H25N.2Al/c1-2-3-15-29-24-25-34(32-23-14-13-22-31(29)32)35(30-20-11-6-12-21-30)26-33(27-16-7-4-8-17-27)28-18-9-5-10-19-28;;/h2-26H;;/b15-3+;;. The third kappa shape index (κ3) is 6.06. The smallest absolute Gasteiger partial charge is 0.135 e. The van der Waals surface area contributed by atoms with Gasteiger partial charge in [-0.15, -0.1) is 0 Å². The van der Waals surface area contributed by atoms with Crippen LogP contribution in [0.5, 0.6) is 0 Å². The minimum Gasteiger partial charge on any atom is -0.316 e. The van der Waals surface area contributed by atoms with Gasteiger partial charge in [-0.25, -0.2) is 3.30 Å². The van der Waals surface area contributed by atoms with E-state index >= 15 is 0 Å². The number of rotatable bonds is 7. The fourth-order valence-corrected chi connectivity index (χ4v) is 4.70. The van der Waals surface area contributed by atoms with Gasteiger partial charge in [-0.1, -0.05) is 127 Å². The second-order valence-electron chi connectivity index (χ2n) is 8.73. The Morgan fingerprint density at radius 3 is 1.70 bits per heavy atom. The molecule has 0 spiro atoms. The summed E-state index contributed by atoms with van der Waals surface area (Å²) in [4.78, 5) is 2.31. The van der Waals surface area contributed by atoms with E-state index in [1.54, 1.807) is 0 Å². The molecule has 0 bridgehead atoms. The first-order chi connectivity index (χ1) is 18.2. The van der Waals surface area contributed by atoms with E-state index in [4.69, 9.17) is 0 Å². The van der Waals surface area contributed by atoms with Crippen molar-refractivity contribution in [1.29, 1.82) is 0 Å². The van der Waals surface area contributed by atoms with E-state index in [9.17, 15) is 0 Å². The Hall–Kier alpha value is -3.56. The van der Waals surface area contributed by atoms with Crippen molar-refractivity contribution in [2.45, 2.75) is 0 Å². The highest BCUT2D eigenvalue weighted by molar-refractivity contribution is 6.48. The quantitative estimate of drug-likeness (QED) is 0.160. The molecular formula is C34H25Al2N. The van der Waals surface area contributed by atoms with Gasteiger partial charge in [0.2, 0.25) is 0 Å². The van der Waals surface area contributed by atoms with Crippen molar-refractivity contribution >= 4 is 66.4 Å². The lowest BCUT2D eigenvalue weighted by Crippen LogP contribution is -2.11. The fraction of sp³-hybridized carbons (Fsp3) is 0. The molecule has 0 heterocycles. The number of para-hydroxylation sites is 1. The van der Waals surface area contributed by atoms with Crippen LogP contribution in [0, 0.1) is 0 Å². The van der Waals surface area contributed by atoms with Crippen molar-refractivity contribution in [1.82, 2.24) is 0 Å². The summed E-state index contributed by atoms with van der Waals surface area (Å²) >= 11 is 5.40. The van der Waals surface area contributed by atoms with Crippen molar-refractivity contribution in [3.05, 3.63) is 166 Å². The van der Waals surface area contributed by atoms with Crippen LogP contribution >= 0.6 is 0 Å². The fourth-order valence-electron chi connectivity index (χ4n) is 4.48. The third-order valence-corrected chi connectivity index (χ3v) is 6.61. The van der Waals surface area contributed by atoms with E-state index in [1.165, 1.54) is 27.5 Å². The number of anilines is 2. The lowest BCUT2D eigenvalue weighted by molar-refractivity contribution is 1.29. The molecule has 4 radical (unpaired) electrons. The van der Waals surface area contributed by atoms with Crippen molar-refractivity contribution in [2.24, 2.45) is 0 Å². The van der Waals surface area contributed by atoms with Crippen LogP contribution in [-0.4, -0.2) is 32.6 Å². The highest BCUT2D eigenvalue weighted by Crippen LogP contribution is 2.37. The molecule has 0 aliphatic carbocycles. The molecular weight excluding hydrogens is 476 g/mol. The first kappa shape index (κ1) is 25.1. The highest BCUT2D eigenvalue weighted by atomic mass is 27.1. The molecule has 0 fully saturated rings. The van der Waals surface area contributed by atoms with Crippen molar-refractivity contribution in [3.8, 4) is 0 Å². The van der Waals surface area contributed by atoms with Crippen molar-refractivity contribution in [2.75, 3.05) is 4.90 Å². The van der Waals surface area contributed by atoms with Crippen LogP contribution in [0.25, 0.3) is 22.4 Å². The molecule has 37 heavy (non-hydrogen) atoms. The molecule has 0 amide bonds. The molecule has 0 saturated heterocycles. The highest BCUT2D eigenvalue weighted by Gasteiger charge is 2.15. The van der Waals surface area contributed by atoms with E-state index in [0.717, 1.165) is 20.2 Å². The largest absolute Gasteiger partial charge is 0.316 e. The lowest BCUT2D eigenvalue weighted by Gasteiger charge is -2.25. The zero-order valence-corrected chi connectivity index (χ0v) is 22.8. The zero-order valence-electron chi connectivity index (χ0n) is 20.5. The number of hydrogen-bond donors (Lipinski definition) is 0. The Morgan fingerprint density at radius 1 is 0.568 bits per heavy atom. The number of allylic oxidation sites excluding steroid dienone is 2. The van der Waals surface area contributed by atoms with Gasteiger partial charge in [0.05, 0.1) is 5.69 Å². The molecule has 0 atom stereocenters. The van der Waals surface area contributed by atoms with Gasteiger partial charge in [0.25, 0.3) is 0 Å². The Morgan fingerprint density at radius 2 is 1.11 bits per heavy atom. The van der Waals surface area contributed by atoms with Gasteiger partial charge in [0.15, 0.2) is 0 Å². The van der Waals surface area contributed by atoms with E-state index in [2.05, 4.69) is 189 Å². The Kier molecular flexibility index (Phi) is 8.23. The molecule has 1 nitrogen and oxygen atoms in total. The van der Waals surface area contributed by atoms with Gasteiger partial charge in [0, 0.05) is 22.8 Å². The molecule has 0 aliphatic heterocycles. The van der Waals surface area contributed by atoms with E-state index in [-0.39, 0.29) is 0 Å². The van der Waals surface area contributed by atoms with E-state index < -0.39 is 0 Å². The average molecular weight is 502 g/mol. The molecule has 5 aromatic carbocycles. The molecule has 0 aliphatic rings. The summed E-state index contributed by atoms with van der Waals surface area (Å²) in [5.41, 5.74) is 6.95. The maximum absolute atomic E-state index is 2.70. The van der Waals surface area contributed by atoms with Gasteiger partial charge in [-0.3, -0.25) is 0 Å². The second-order valence-corrected chi connectivity index (χ2v) is 10.7. The predicted octanol–water partition coefficient (Wildman–Crippen LogP) is 8.26. The lowest BCUT2D eigenvalue weighted by atomic mass is 9.97. The van der Waals surface area contributed by atoms with Crippen LogP contribution in [0.2, 0.25) is 0 Å². The number of hydrogen-bond acceptors (Lipinski definition) is 1. The Balaban J connectivity index is 1.74. The number of nitrogens with zero attached hydrogens (tertiary/aromatic N) is 1. The molecule has 0 unspecified atom stereocenters. The summed E-state index contributed by atoms with van der Waals surface area (Å²) in [6.45, 7) is 0. The van der Waals surface area contributed by atoms with Gasteiger partial charge >= 0.3 is 0 Å². The number of benzene rings is 5. The van der Waals surface area contributed by atoms with Gasteiger partial charge in [-0.2, -0.15) is 0 Å². The maximum Gasteiger partial charge on any atom is 0.135 e. The van der Waals surface area contributed by atoms with Crippen molar-refractivity contribution < 1.29 is 0 Å². The van der Waals surface area contributed by atoms with Crippen LogP contribution in [-0.2, 0) is 0 Å². The minimum absolute atomic E-state index is 1.11. The van der Waals surface area contributed by atoms with Gasteiger partial charge < -0.3 is 4.90 Å². The third-order valence-electron chi connectivity index (χ3n) is 6.22. The van der Waals surface area contributed by atoms with Gasteiger partial charge in [-0.05, 0) is 40.3 Å². The van der Waals surface area contributed by atoms with E-state index in [0.29, 0.717) is 0 Å². The normalized spacial score (nSPS) is 10.8. The van der Waals surface area contributed by atoms with E-state index in [1.807, 2.05) is 0 Å². The topological polar surface area (TPSA) is 3.24 Å². The first-order valence-electron chi connectivity index (χ1n) is 12.3. The SMILES string of the molecule is [Al][C]([Al])=C/C=C/c1ccc(N(C=C(c2ccccc2)c2ccccc2)c2ccccc2)c2ccccc12. The second kappa shape index (κ2) is 12.1. The van der Waals surface area contributed by atoms with Crippen LogP contribution in [0.3, 0.4) is 0 Å². The molecule has 0 N–H and O–H groups in total. The summed E-state index contributed by atoms with van der Waals surface area (Å²) in [6, 6.07) is 44.9. The van der Waals surface area contributed by atoms with Crippen LogP contribution in [0.4, 0.5) is 11.4 Å². The number of fused-ring (bicyclic) bond motifs is 1. The van der Waals surface area contributed by atoms with Gasteiger partial charge in [0.1, 0.15) is 32.6 Å². The average Bonchev–Trinajstić information content (AvgIpc) is 2.95. The van der Waals surface area contributed by atoms with Crippen molar-refractivity contribution in [3.63, 3.8) is 0 Å². The molecule has 5 rings (SSSR count). The molecule has 5 aromatic rings.